The maximum atomic E-state index is 9.58. The maximum Gasteiger partial charge on any atom is 0.0695 e. The van der Waals surface area contributed by atoms with E-state index in [4.69, 9.17) is 5.11 Å². The summed E-state index contributed by atoms with van der Waals surface area (Å²) in [5, 5.41) is 18.5. The van der Waals surface area contributed by atoms with Crippen LogP contribution in [0.5, 0.6) is 0 Å². The molecule has 72 valence electrons. The zero-order valence-corrected chi connectivity index (χ0v) is 7.90. The van der Waals surface area contributed by atoms with Crippen molar-refractivity contribution in [2.24, 2.45) is 0 Å². The molecule has 0 aromatic rings. The lowest BCUT2D eigenvalue weighted by atomic mass is 10.1. The molecule has 1 saturated carbocycles. The minimum Gasteiger partial charge on any atom is -0.395 e. The van der Waals surface area contributed by atoms with Crippen LogP contribution in [0, 0.1) is 0 Å². The van der Waals surface area contributed by atoms with Gasteiger partial charge >= 0.3 is 0 Å². The van der Waals surface area contributed by atoms with E-state index in [0.29, 0.717) is 0 Å². The van der Waals surface area contributed by atoms with Crippen molar-refractivity contribution in [1.82, 2.24) is 4.90 Å². The summed E-state index contributed by atoms with van der Waals surface area (Å²) in [6.07, 6.45) is 2.88. The summed E-state index contributed by atoms with van der Waals surface area (Å²) >= 11 is 0. The van der Waals surface area contributed by atoms with Crippen molar-refractivity contribution in [1.29, 1.82) is 0 Å². The van der Waals surface area contributed by atoms with Gasteiger partial charge in [-0.1, -0.05) is 0 Å². The monoisotopic (exact) mass is 173 g/mol. The molecule has 0 bridgehead atoms. The van der Waals surface area contributed by atoms with Gasteiger partial charge in [-0.05, 0) is 33.2 Å². The van der Waals surface area contributed by atoms with E-state index in [1.165, 1.54) is 0 Å². The zero-order chi connectivity index (χ0) is 9.14. The molecule has 0 radical (unpaired) electrons. The molecule has 0 heterocycles. The van der Waals surface area contributed by atoms with Gasteiger partial charge in [0.05, 0.1) is 12.7 Å². The summed E-state index contributed by atoms with van der Waals surface area (Å²) in [5.74, 6) is 0. The average molecular weight is 173 g/mol. The molecule has 1 rings (SSSR count). The van der Waals surface area contributed by atoms with Crippen LogP contribution in [0.1, 0.15) is 26.2 Å². The van der Waals surface area contributed by atoms with Crippen LogP contribution in [0.4, 0.5) is 0 Å². The minimum atomic E-state index is -0.191. The van der Waals surface area contributed by atoms with Crippen LogP contribution in [0.2, 0.25) is 0 Å². The first-order valence-corrected chi connectivity index (χ1v) is 4.67. The molecule has 2 N–H and O–H groups in total. The first-order chi connectivity index (χ1) is 5.66. The predicted molar refractivity (Wildman–Crippen MR) is 48.0 cm³/mol. The largest absolute Gasteiger partial charge is 0.395 e. The lowest BCUT2D eigenvalue weighted by Crippen LogP contribution is -2.44. The Hall–Kier alpha value is -0.120. The van der Waals surface area contributed by atoms with Crippen LogP contribution >= 0.6 is 0 Å². The molecule has 3 atom stereocenters. The van der Waals surface area contributed by atoms with E-state index in [-0.39, 0.29) is 24.8 Å². The highest BCUT2D eigenvalue weighted by molar-refractivity contribution is 4.85. The van der Waals surface area contributed by atoms with Gasteiger partial charge in [-0.25, -0.2) is 0 Å². The summed E-state index contributed by atoms with van der Waals surface area (Å²) in [6.45, 7) is 2.14. The fourth-order valence-corrected chi connectivity index (χ4v) is 1.85. The van der Waals surface area contributed by atoms with Crippen LogP contribution in [0.25, 0.3) is 0 Å². The summed E-state index contributed by atoms with van der Waals surface area (Å²) in [6, 6.07) is 0.412. The van der Waals surface area contributed by atoms with Crippen LogP contribution < -0.4 is 0 Å². The van der Waals surface area contributed by atoms with E-state index in [2.05, 4.69) is 4.90 Å². The van der Waals surface area contributed by atoms with Crippen LogP contribution in [-0.4, -0.2) is 47.0 Å². The number of hydrogen-bond donors (Lipinski definition) is 2. The summed E-state index contributed by atoms with van der Waals surface area (Å²) in [7, 11) is 1.97. The van der Waals surface area contributed by atoms with E-state index < -0.39 is 0 Å². The van der Waals surface area contributed by atoms with Gasteiger partial charge in [-0.3, -0.25) is 4.90 Å². The van der Waals surface area contributed by atoms with E-state index in [1.54, 1.807) is 0 Å². The molecule has 0 aromatic heterocycles. The van der Waals surface area contributed by atoms with Gasteiger partial charge in [0.2, 0.25) is 0 Å². The van der Waals surface area contributed by atoms with Gasteiger partial charge in [0, 0.05) is 12.1 Å². The smallest absolute Gasteiger partial charge is 0.0695 e. The van der Waals surface area contributed by atoms with Gasteiger partial charge in [-0.2, -0.15) is 0 Å². The van der Waals surface area contributed by atoms with Crippen molar-refractivity contribution >= 4 is 0 Å². The third-order valence-corrected chi connectivity index (χ3v) is 2.93. The molecule has 0 saturated heterocycles. The van der Waals surface area contributed by atoms with E-state index >= 15 is 0 Å². The van der Waals surface area contributed by atoms with Crippen LogP contribution in [0.15, 0.2) is 0 Å². The summed E-state index contributed by atoms with van der Waals surface area (Å²) in [5.41, 5.74) is 0. The molecule has 3 nitrogen and oxygen atoms in total. The lowest BCUT2D eigenvalue weighted by molar-refractivity contribution is 0.0473. The zero-order valence-electron chi connectivity index (χ0n) is 7.90. The number of nitrogens with zero attached hydrogens (tertiary/aromatic N) is 1. The first-order valence-electron chi connectivity index (χ1n) is 4.67. The first kappa shape index (κ1) is 9.96. The molecular formula is C9H19NO2. The van der Waals surface area contributed by atoms with Gasteiger partial charge in [0.15, 0.2) is 0 Å². The van der Waals surface area contributed by atoms with Gasteiger partial charge in [-0.15, -0.1) is 0 Å². The van der Waals surface area contributed by atoms with Crippen molar-refractivity contribution in [3.8, 4) is 0 Å². The molecule has 0 aromatic carbocycles. The second-order valence-electron chi connectivity index (χ2n) is 3.76. The molecule has 0 aliphatic heterocycles. The predicted octanol–water partition coefficient (Wildman–Crippen LogP) is 0.212. The Balaban J connectivity index is 2.45. The quantitative estimate of drug-likeness (QED) is 0.641. The van der Waals surface area contributed by atoms with Crippen molar-refractivity contribution in [2.45, 2.75) is 44.4 Å². The van der Waals surface area contributed by atoms with Crippen molar-refractivity contribution in [2.75, 3.05) is 13.7 Å². The fourth-order valence-electron chi connectivity index (χ4n) is 1.85. The average Bonchev–Trinajstić information content (AvgIpc) is 2.48. The van der Waals surface area contributed by atoms with E-state index in [0.717, 1.165) is 19.3 Å². The topological polar surface area (TPSA) is 43.7 Å². The lowest BCUT2D eigenvalue weighted by Gasteiger charge is -2.31. The van der Waals surface area contributed by atoms with E-state index in [1.807, 2.05) is 14.0 Å². The second-order valence-corrected chi connectivity index (χ2v) is 3.76. The molecule has 1 fully saturated rings. The Morgan fingerprint density at radius 3 is 2.58 bits per heavy atom. The van der Waals surface area contributed by atoms with Crippen molar-refractivity contribution in [3.05, 3.63) is 0 Å². The Bertz CT molecular complexity index is 140. The normalized spacial score (nSPS) is 32.8. The van der Waals surface area contributed by atoms with Gasteiger partial charge < -0.3 is 10.2 Å². The van der Waals surface area contributed by atoms with Gasteiger partial charge in [0.25, 0.3) is 0 Å². The summed E-state index contributed by atoms with van der Waals surface area (Å²) in [4.78, 5) is 2.08. The number of aliphatic hydroxyl groups is 2. The molecule has 3 unspecified atom stereocenters. The molecule has 1 aliphatic rings. The van der Waals surface area contributed by atoms with Crippen LogP contribution in [-0.2, 0) is 0 Å². The Morgan fingerprint density at radius 2 is 2.17 bits per heavy atom. The second kappa shape index (κ2) is 4.21. The molecule has 12 heavy (non-hydrogen) atoms. The third-order valence-electron chi connectivity index (χ3n) is 2.93. The fraction of sp³-hybridized carbons (Fsp3) is 1.00. The standard InChI is InChI=1S/C9H19NO2/c1-7(6-11)10(2)8-4-3-5-9(8)12/h7-9,11-12H,3-6H2,1-2H3. The third kappa shape index (κ3) is 1.97. The van der Waals surface area contributed by atoms with Crippen LogP contribution in [0.3, 0.4) is 0 Å². The minimum absolute atomic E-state index is 0.155. The Kier molecular flexibility index (Phi) is 3.50. The number of aliphatic hydroxyl groups excluding tert-OH is 2. The number of rotatable bonds is 3. The van der Waals surface area contributed by atoms with Crippen molar-refractivity contribution < 1.29 is 10.2 Å². The Morgan fingerprint density at radius 1 is 1.50 bits per heavy atom. The number of likely N-dealkylation sites (N-methyl/N-ethyl adjacent to an activating group) is 1. The molecule has 1 aliphatic carbocycles. The molecule has 0 spiro atoms. The number of hydrogen-bond acceptors (Lipinski definition) is 3. The Labute approximate surface area is 74.0 Å². The van der Waals surface area contributed by atoms with E-state index in [9.17, 15) is 5.11 Å². The summed E-state index contributed by atoms with van der Waals surface area (Å²) < 4.78 is 0. The molecule has 0 amide bonds. The maximum absolute atomic E-state index is 9.58. The van der Waals surface area contributed by atoms with Gasteiger partial charge in [0.1, 0.15) is 0 Å². The van der Waals surface area contributed by atoms with Crippen molar-refractivity contribution in [3.63, 3.8) is 0 Å². The SMILES string of the molecule is CC(CO)N(C)C1CCCC1O. The highest BCUT2D eigenvalue weighted by Gasteiger charge is 2.30. The highest BCUT2D eigenvalue weighted by Crippen LogP contribution is 2.24. The molecular weight excluding hydrogens is 154 g/mol. The highest BCUT2D eigenvalue weighted by atomic mass is 16.3. The molecule has 3 heteroatoms.